The lowest BCUT2D eigenvalue weighted by atomic mass is 10.3. The Bertz CT molecular complexity index is 553. The van der Waals surface area contributed by atoms with E-state index in [1.165, 1.54) is 6.07 Å². The maximum absolute atomic E-state index is 10.8. The topological polar surface area (TPSA) is 103 Å². The van der Waals surface area contributed by atoms with Gasteiger partial charge < -0.3 is 15.8 Å². The Hall–Kier alpha value is -2.70. The molecular weight excluding hydrogens is 246 g/mol. The predicted octanol–water partition coefficient (Wildman–Crippen LogP) is 0.591. The highest BCUT2D eigenvalue weighted by molar-refractivity contribution is 5.90. The average molecular weight is 259 g/mol. The Morgan fingerprint density at radius 3 is 2.68 bits per heavy atom. The Labute approximate surface area is 109 Å². The van der Waals surface area contributed by atoms with Crippen LogP contribution in [0.2, 0.25) is 0 Å². The summed E-state index contributed by atoms with van der Waals surface area (Å²) in [5.74, 6) is 0.522. The number of methoxy groups -OCH3 is 1. The summed E-state index contributed by atoms with van der Waals surface area (Å²) >= 11 is 0. The fourth-order valence-corrected chi connectivity index (χ4v) is 1.39. The van der Waals surface area contributed by atoms with Crippen molar-refractivity contribution >= 4 is 11.7 Å². The van der Waals surface area contributed by atoms with Gasteiger partial charge in [0.15, 0.2) is 5.69 Å². The van der Waals surface area contributed by atoms with E-state index in [0.29, 0.717) is 18.2 Å². The van der Waals surface area contributed by atoms with E-state index in [-0.39, 0.29) is 5.69 Å². The normalized spacial score (nSPS) is 9.95. The molecule has 0 spiro atoms. The standard InChI is InChI=1S/C12H13N5O2/c1-19-11-5-2-8(7-15-11)6-14-10-4-3-9(12(13)18)16-17-10/h2-5,7H,6H2,1H3,(H2,13,18)(H,14,17). The van der Waals surface area contributed by atoms with E-state index in [1.807, 2.05) is 6.07 Å². The quantitative estimate of drug-likeness (QED) is 0.814. The van der Waals surface area contributed by atoms with Gasteiger partial charge in [-0.15, -0.1) is 10.2 Å². The van der Waals surface area contributed by atoms with Crippen molar-refractivity contribution in [3.05, 3.63) is 41.7 Å². The van der Waals surface area contributed by atoms with Crippen molar-refractivity contribution in [2.45, 2.75) is 6.54 Å². The van der Waals surface area contributed by atoms with Crippen molar-refractivity contribution in [3.63, 3.8) is 0 Å². The summed E-state index contributed by atoms with van der Waals surface area (Å²) < 4.78 is 4.97. The number of pyridine rings is 1. The van der Waals surface area contributed by atoms with E-state index in [4.69, 9.17) is 10.5 Å². The van der Waals surface area contributed by atoms with Gasteiger partial charge in [-0.25, -0.2) is 4.98 Å². The number of ether oxygens (including phenoxy) is 1. The maximum atomic E-state index is 10.8. The summed E-state index contributed by atoms with van der Waals surface area (Å²) in [4.78, 5) is 14.9. The number of rotatable bonds is 5. The van der Waals surface area contributed by atoms with Crippen LogP contribution in [-0.2, 0) is 6.54 Å². The summed E-state index contributed by atoms with van der Waals surface area (Å²) in [5.41, 5.74) is 6.18. The van der Waals surface area contributed by atoms with Crippen LogP contribution in [0, 0.1) is 0 Å². The number of carbonyl (C=O) groups excluding carboxylic acids is 1. The molecule has 7 heteroatoms. The number of primary amides is 1. The molecule has 2 heterocycles. The lowest BCUT2D eigenvalue weighted by Crippen LogP contribution is -2.14. The molecule has 0 saturated heterocycles. The molecule has 7 nitrogen and oxygen atoms in total. The number of hydrogen-bond donors (Lipinski definition) is 2. The van der Waals surface area contributed by atoms with Crippen LogP contribution >= 0.6 is 0 Å². The van der Waals surface area contributed by atoms with E-state index in [0.717, 1.165) is 5.56 Å². The number of hydrogen-bond acceptors (Lipinski definition) is 6. The highest BCUT2D eigenvalue weighted by atomic mass is 16.5. The van der Waals surface area contributed by atoms with Crippen molar-refractivity contribution in [3.8, 4) is 5.88 Å². The van der Waals surface area contributed by atoms with Crippen LogP contribution in [-0.4, -0.2) is 28.2 Å². The molecule has 0 aromatic carbocycles. The summed E-state index contributed by atoms with van der Waals surface area (Å²) in [6.07, 6.45) is 1.71. The largest absolute Gasteiger partial charge is 0.481 e. The zero-order valence-corrected chi connectivity index (χ0v) is 10.3. The highest BCUT2D eigenvalue weighted by Crippen LogP contribution is 2.09. The molecule has 0 unspecified atom stereocenters. The molecule has 3 N–H and O–H groups in total. The van der Waals surface area contributed by atoms with Crippen molar-refractivity contribution in [2.75, 3.05) is 12.4 Å². The second-order valence-electron chi connectivity index (χ2n) is 3.73. The van der Waals surface area contributed by atoms with Crippen LogP contribution in [0.4, 0.5) is 5.82 Å². The molecule has 19 heavy (non-hydrogen) atoms. The number of nitrogens with two attached hydrogens (primary N) is 1. The molecule has 2 rings (SSSR count). The predicted molar refractivity (Wildman–Crippen MR) is 68.7 cm³/mol. The monoisotopic (exact) mass is 259 g/mol. The lowest BCUT2D eigenvalue weighted by molar-refractivity contribution is 0.0994. The van der Waals surface area contributed by atoms with Gasteiger partial charge in [-0.1, -0.05) is 6.07 Å². The number of carbonyl (C=O) groups is 1. The van der Waals surface area contributed by atoms with Gasteiger partial charge in [0.05, 0.1) is 7.11 Å². The van der Waals surface area contributed by atoms with Crippen LogP contribution in [0.1, 0.15) is 16.1 Å². The van der Waals surface area contributed by atoms with E-state index in [2.05, 4.69) is 20.5 Å². The molecule has 2 aromatic rings. The summed E-state index contributed by atoms with van der Waals surface area (Å²) in [6.45, 7) is 0.543. The minimum Gasteiger partial charge on any atom is -0.481 e. The molecule has 2 aromatic heterocycles. The number of nitrogens with one attached hydrogen (secondary N) is 1. The minimum atomic E-state index is -0.599. The van der Waals surface area contributed by atoms with Crippen LogP contribution in [0.3, 0.4) is 0 Å². The van der Waals surface area contributed by atoms with E-state index >= 15 is 0 Å². The molecule has 1 amide bonds. The molecule has 98 valence electrons. The first kappa shape index (κ1) is 12.7. The molecule has 0 aliphatic heterocycles. The van der Waals surface area contributed by atoms with Gasteiger partial charge in [0.2, 0.25) is 5.88 Å². The number of amides is 1. The van der Waals surface area contributed by atoms with Crippen LogP contribution in [0.25, 0.3) is 0 Å². The van der Waals surface area contributed by atoms with Crippen molar-refractivity contribution < 1.29 is 9.53 Å². The van der Waals surface area contributed by atoms with Gasteiger partial charge in [0.1, 0.15) is 5.82 Å². The number of aromatic nitrogens is 3. The third-order valence-corrected chi connectivity index (χ3v) is 2.40. The average Bonchev–Trinajstić information content (AvgIpc) is 2.46. The molecule has 0 fully saturated rings. The van der Waals surface area contributed by atoms with Crippen LogP contribution < -0.4 is 15.8 Å². The third-order valence-electron chi connectivity index (χ3n) is 2.40. The number of anilines is 1. The van der Waals surface area contributed by atoms with Gasteiger partial charge in [0, 0.05) is 18.8 Å². The smallest absolute Gasteiger partial charge is 0.269 e. The van der Waals surface area contributed by atoms with E-state index < -0.39 is 5.91 Å². The van der Waals surface area contributed by atoms with Gasteiger partial charge >= 0.3 is 0 Å². The second kappa shape index (κ2) is 5.76. The second-order valence-corrected chi connectivity index (χ2v) is 3.73. The fourth-order valence-electron chi connectivity index (χ4n) is 1.39. The Balaban J connectivity index is 1.95. The van der Waals surface area contributed by atoms with E-state index in [9.17, 15) is 4.79 Å². The van der Waals surface area contributed by atoms with Gasteiger partial charge in [0.25, 0.3) is 5.91 Å². The third kappa shape index (κ3) is 3.38. The summed E-state index contributed by atoms with van der Waals surface area (Å²) in [5, 5.41) is 10.6. The Morgan fingerprint density at radius 1 is 1.32 bits per heavy atom. The first-order valence-electron chi connectivity index (χ1n) is 5.55. The lowest BCUT2D eigenvalue weighted by Gasteiger charge is -2.05. The molecule has 0 atom stereocenters. The highest BCUT2D eigenvalue weighted by Gasteiger charge is 2.03. The maximum Gasteiger partial charge on any atom is 0.269 e. The Kier molecular flexibility index (Phi) is 3.87. The zero-order valence-electron chi connectivity index (χ0n) is 10.3. The fraction of sp³-hybridized carbons (Fsp3) is 0.167. The van der Waals surface area contributed by atoms with Gasteiger partial charge in [-0.05, 0) is 17.7 Å². The minimum absolute atomic E-state index is 0.136. The molecule has 0 radical (unpaired) electrons. The van der Waals surface area contributed by atoms with Crippen LogP contribution in [0.5, 0.6) is 5.88 Å². The molecule has 0 bridgehead atoms. The molecule has 0 aliphatic carbocycles. The van der Waals surface area contributed by atoms with E-state index in [1.54, 1.807) is 25.4 Å². The van der Waals surface area contributed by atoms with Gasteiger partial charge in [-0.2, -0.15) is 0 Å². The molecular formula is C12H13N5O2. The zero-order chi connectivity index (χ0) is 13.7. The van der Waals surface area contributed by atoms with Crippen molar-refractivity contribution in [1.82, 2.24) is 15.2 Å². The Morgan fingerprint density at radius 2 is 2.16 bits per heavy atom. The summed E-state index contributed by atoms with van der Waals surface area (Å²) in [7, 11) is 1.57. The first-order chi connectivity index (χ1) is 9.19. The van der Waals surface area contributed by atoms with Gasteiger partial charge in [-0.3, -0.25) is 4.79 Å². The summed E-state index contributed by atoms with van der Waals surface area (Å²) in [6, 6.07) is 6.83. The van der Waals surface area contributed by atoms with Crippen molar-refractivity contribution in [2.24, 2.45) is 5.73 Å². The SMILES string of the molecule is COc1ccc(CNc2ccc(C(N)=O)nn2)cn1. The van der Waals surface area contributed by atoms with Crippen molar-refractivity contribution in [1.29, 1.82) is 0 Å². The molecule has 0 aliphatic rings. The first-order valence-corrected chi connectivity index (χ1v) is 5.55. The molecule has 0 saturated carbocycles. The number of nitrogens with zero attached hydrogens (tertiary/aromatic N) is 3. The van der Waals surface area contributed by atoms with Crippen LogP contribution in [0.15, 0.2) is 30.5 Å².